The average Bonchev–Trinajstić information content (AvgIpc) is 2.82. The average molecular weight is 232 g/mol. The van der Waals surface area contributed by atoms with Gasteiger partial charge in [-0.05, 0) is 47.1 Å². The van der Waals surface area contributed by atoms with Crippen molar-refractivity contribution >= 4 is 5.57 Å². The Kier molecular flexibility index (Phi) is 2.16. The molecule has 0 saturated heterocycles. The van der Waals surface area contributed by atoms with E-state index in [1.54, 1.807) is 22.3 Å². The van der Waals surface area contributed by atoms with Gasteiger partial charge in [-0.25, -0.2) is 0 Å². The standard InChI is InChI=1S/C18H16/c1-2-6-13(7-3-1)17-12-15-10-4-8-14-9-5-11-16(17)18(14)15/h1-3,5-7,9-11,17H,4,8,12H2. The van der Waals surface area contributed by atoms with Gasteiger partial charge in [-0.2, -0.15) is 0 Å². The Balaban J connectivity index is 1.90. The summed E-state index contributed by atoms with van der Waals surface area (Å²) in [6, 6.07) is 17.8. The van der Waals surface area contributed by atoms with Crippen LogP contribution in [0.4, 0.5) is 0 Å². The first-order chi connectivity index (χ1) is 8.93. The highest BCUT2D eigenvalue weighted by atomic mass is 14.3. The molecule has 2 aromatic rings. The van der Waals surface area contributed by atoms with Crippen molar-refractivity contribution in [1.82, 2.24) is 0 Å². The molecule has 0 spiro atoms. The van der Waals surface area contributed by atoms with Gasteiger partial charge in [0, 0.05) is 5.92 Å². The SMILES string of the molecule is C1=C2CC(c3ccccc3)c3cccc(c32)CC1. The van der Waals surface area contributed by atoms with E-state index in [1.165, 1.54) is 24.8 Å². The lowest BCUT2D eigenvalue weighted by Crippen LogP contribution is -1.98. The van der Waals surface area contributed by atoms with Crippen molar-refractivity contribution in [2.75, 3.05) is 0 Å². The molecule has 0 aromatic heterocycles. The lowest BCUT2D eigenvalue weighted by atomic mass is 9.90. The van der Waals surface area contributed by atoms with Crippen LogP contribution in [-0.4, -0.2) is 0 Å². The fourth-order valence-electron chi connectivity index (χ4n) is 3.51. The Bertz CT molecular complexity index is 620. The van der Waals surface area contributed by atoms with Crippen LogP contribution < -0.4 is 0 Å². The zero-order valence-corrected chi connectivity index (χ0v) is 10.4. The summed E-state index contributed by atoms with van der Waals surface area (Å²) in [5.41, 5.74) is 7.72. The second-order valence-corrected chi connectivity index (χ2v) is 5.32. The monoisotopic (exact) mass is 232 g/mol. The zero-order valence-electron chi connectivity index (χ0n) is 10.4. The fraction of sp³-hybridized carbons (Fsp3) is 0.222. The molecule has 4 rings (SSSR count). The fourth-order valence-corrected chi connectivity index (χ4v) is 3.51. The van der Waals surface area contributed by atoms with Crippen LogP contribution in [0.2, 0.25) is 0 Å². The Hall–Kier alpha value is -1.82. The van der Waals surface area contributed by atoms with E-state index in [1.807, 2.05) is 0 Å². The van der Waals surface area contributed by atoms with Crippen molar-refractivity contribution in [2.45, 2.75) is 25.2 Å². The van der Waals surface area contributed by atoms with E-state index in [0.29, 0.717) is 5.92 Å². The maximum Gasteiger partial charge on any atom is 0.0136 e. The van der Waals surface area contributed by atoms with E-state index in [4.69, 9.17) is 0 Å². The first kappa shape index (κ1) is 10.1. The van der Waals surface area contributed by atoms with Crippen LogP contribution >= 0.6 is 0 Å². The minimum absolute atomic E-state index is 0.575. The molecular weight excluding hydrogens is 216 g/mol. The first-order valence-corrected chi connectivity index (χ1v) is 6.79. The molecule has 0 amide bonds. The molecule has 0 heteroatoms. The lowest BCUT2D eigenvalue weighted by molar-refractivity contribution is 0.880. The molecule has 1 unspecified atom stereocenters. The highest BCUT2D eigenvalue weighted by molar-refractivity contribution is 5.79. The molecule has 18 heavy (non-hydrogen) atoms. The Morgan fingerprint density at radius 3 is 2.67 bits per heavy atom. The van der Waals surface area contributed by atoms with Crippen molar-refractivity contribution in [2.24, 2.45) is 0 Å². The van der Waals surface area contributed by atoms with Crippen molar-refractivity contribution < 1.29 is 0 Å². The number of allylic oxidation sites excluding steroid dienone is 2. The van der Waals surface area contributed by atoms with Crippen LogP contribution in [0.15, 0.2) is 54.6 Å². The van der Waals surface area contributed by atoms with Crippen LogP contribution in [0, 0.1) is 0 Å². The smallest absolute Gasteiger partial charge is 0.0136 e. The number of benzene rings is 2. The maximum absolute atomic E-state index is 2.45. The van der Waals surface area contributed by atoms with Crippen molar-refractivity contribution in [3.63, 3.8) is 0 Å². The minimum atomic E-state index is 0.575. The predicted molar refractivity (Wildman–Crippen MR) is 75.6 cm³/mol. The van der Waals surface area contributed by atoms with Crippen molar-refractivity contribution in [1.29, 1.82) is 0 Å². The molecule has 1 atom stereocenters. The molecular formula is C18H16. The van der Waals surface area contributed by atoms with Crippen LogP contribution in [0.3, 0.4) is 0 Å². The molecule has 0 N–H and O–H groups in total. The number of hydrogen-bond donors (Lipinski definition) is 0. The normalized spacial score (nSPS) is 20.4. The summed E-state index contributed by atoms with van der Waals surface area (Å²) >= 11 is 0. The van der Waals surface area contributed by atoms with E-state index in [9.17, 15) is 0 Å². The quantitative estimate of drug-likeness (QED) is 0.676. The van der Waals surface area contributed by atoms with Crippen LogP contribution in [0.25, 0.3) is 5.57 Å². The summed E-state index contributed by atoms with van der Waals surface area (Å²) in [6.45, 7) is 0. The second kappa shape index (κ2) is 3.84. The third-order valence-corrected chi connectivity index (χ3v) is 4.31. The third kappa shape index (κ3) is 1.38. The third-order valence-electron chi connectivity index (χ3n) is 4.31. The molecule has 88 valence electrons. The summed E-state index contributed by atoms with van der Waals surface area (Å²) in [4.78, 5) is 0. The van der Waals surface area contributed by atoms with E-state index < -0.39 is 0 Å². The van der Waals surface area contributed by atoms with Gasteiger partial charge in [0.1, 0.15) is 0 Å². The summed E-state index contributed by atoms with van der Waals surface area (Å²) in [7, 11) is 0. The molecule has 2 aromatic carbocycles. The van der Waals surface area contributed by atoms with Gasteiger partial charge in [0.15, 0.2) is 0 Å². The molecule has 0 heterocycles. The van der Waals surface area contributed by atoms with Gasteiger partial charge in [0.25, 0.3) is 0 Å². The summed E-state index contributed by atoms with van der Waals surface area (Å²) in [5, 5.41) is 0. The van der Waals surface area contributed by atoms with Gasteiger partial charge in [-0.3, -0.25) is 0 Å². The molecule has 2 aliphatic carbocycles. The molecule has 0 radical (unpaired) electrons. The summed E-state index contributed by atoms with van der Waals surface area (Å²) in [6.07, 6.45) is 6.08. The van der Waals surface area contributed by atoms with Crippen molar-refractivity contribution in [3.8, 4) is 0 Å². The largest absolute Gasteiger partial charge is 0.0803 e. The van der Waals surface area contributed by atoms with E-state index in [0.717, 1.165) is 0 Å². The molecule has 0 nitrogen and oxygen atoms in total. The van der Waals surface area contributed by atoms with Gasteiger partial charge < -0.3 is 0 Å². The van der Waals surface area contributed by atoms with Gasteiger partial charge >= 0.3 is 0 Å². The van der Waals surface area contributed by atoms with Gasteiger partial charge in [0.05, 0.1) is 0 Å². The van der Waals surface area contributed by atoms with E-state index in [2.05, 4.69) is 54.6 Å². The van der Waals surface area contributed by atoms with Crippen LogP contribution in [-0.2, 0) is 6.42 Å². The number of hydrogen-bond acceptors (Lipinski definition) is 0. The van der Waals surface area contributed by atoms with E-state index in [-0.39, 0.29) is 0 Å². The molecule has 0 aliphatic heterocycles. The molecule has 0 fully saturated rings. The highest BCUT2D eigenvalue weighted by Crippen LogP contribution is 2.47. The van der Waals surface area contributed by atoms with E-state index >= 15 is 0 Å². The zero-order chi connectivity index (χ0) is 11.9. The first-order valence-electron chi connectivity index (χ1n) is 6.79. The van der Waals surface area contributed by atoms with Gasteiger partial charge in [0.2, 0.25) is 0 Å². The van der Waals surface area contributed by atoms with Crippen LogP contribution in [0.1, 0.15) is 41.0 Å². The van der Waals surface area contributed by atoms with Crippen molar-refractivity contribution in [3.05, 3.63) is 76.9 Å². The van der Waals surface area contributed by atoms with Gasteiger partial charge in [-0.1, -0.05) is 54.6 Å². The molecule has 2 aliphatic rings. The van der Waals surface area contributed by atoms with Crippen LogP contribution in [0.5, 0.6) is 0 Å². The maximum atomic E-state index is 2.45. The molecule has 0 saturated carbocycles. The predicted octanol–water partition coefficient (Wildman–Crippen LogP) is 4.55. The summed E-state index contributed by atoms with van der Waals surface area (Å²) in [5.74, 6) is 0.575. The Labute approximate surface area is 108 Å². The topological polar surface area (TPSA) is 0 Å². The number of rotatable bonds is 1. The van der Waals surface area contributed by atoms with Gasteiger partial charge in [-0.15, -0.1) is 0 Å². The summed E-state index contributed by atoms with van der Waals surface area (Å²) < 4.78 is 0. The molecule has 0 bridgehead atoms. The number of aryl methyl sites for hydroxylation is 1. The lowest BCUT2D eigenvalue weighted by Gasteiger charge is -2.14. The highest BCUT2D eigenvalue weighted by Gasteiger charge is 2.30. The Morgan fingerprint density at radius 2 is 1.78 bits per heavy atom. The Morgan fingerprint density at radius 1 is 0.889 bits per heavy atom. The minimum Gasteiger partial charge on any atom is -0.0803 e. The second-order valence-electron chi connectivity index (χ2n) is 5.32.